The van der Waals surface area contributed by atoms with Crippen LogP contribution in [0.4, 0.5) is 8.78 Å². The Labute approximate surface area is 124 Å². The molecule has 0 radical (unpaired) electrons. The third-order valence-corrected chi connectivity index (χ3v) is 4.59. The Kier molecular flexibility index (Phi) is 3.65. The first kappa shape index (κ1) is 15.0. The highest BCUT2D eigenvalue weighted by atomic mass is 19.3. The van der Waals surface area contributed by atoms with Gasteiger partial charge in [-0.15, -0.1) is 0 Å². The molecule has 3 heterocycles. The van der Waals surface area contributed by atoms with Gasteiger partial charge in [-0.2, -0.15) is 0 Å². The van der Waals surface area contributed by atoms with Gasteiger partial charge in [-0.1, -0.05) is 0 Å². The number of nitrogens with one attached hydrogen (secondary N) is 2. The highest BCUT2D eigenvalue weighted by Crippen LogP contribution is 2.45. The summed E-state index contributed by atoms with van der Waals surface area (Å²) < 4.78 is 28.7. The van der Waals surface area contributed by atoms with Crippen LogP contribution in [0, 0.1) is 5.92 Å². The molecule has 2 saturated heterocycles. The molecule has 1 aromatic heterocycles. The van der Waals surface area contributed by atoms with E-state index in [1.54, 1.807) is 0 Å². The fourth-order valence-electron chi connectivity index (χ4n) is 3.52. The van der Waals surface area contributed by atoms with Crippen LogP contribution in [0.3, 0.4) is 0 Å². The molecule has 2 atom stereocenters. The number of fused-ring (bicyclic) bond motifs is 3. The maximum absolute atomic E-state index is 13.9. The highest BCUT2D eigenvalue weighted by Gasteiger charge is 2.53. The fraction of sp³-hybridized carbons (Fsp3) is 0.769. The molecule has 1 aromatic rings. The van der Waals surface area contributed by atoms with Gasteiger partial charge < -0.3 is 4.90 Å². The maximum Gasteiger partial charge on any atom is 0.344 e. The van der Waals surface area contributed by atoms with Crippen LogP contribution >= 0.6 is 0 Å². The summed E-state index contributed by atoms with van der Waals surface area (Å²) in [5, 5.41) is 4.29. The lowest BCUT2D eigenvalue weighted by atomic mass is 9.77. The van der Waals surface area contributed by atoms with E-state index in [4.69, 9.17) is 0 Å². The Balaban J connectivity index is 1.59. The van der Waals surface area contributed by atoms with Crippen molar-refractivity contribution in [1.82, 2.24) is 19.7 Å². The van der Waals surface area contributed by atoms with E-state index in [1.807, 2.05) is 0 Å². The minimum absolute atomic E-state index is 0.0519. The summed E-state index contributed by atoms with van der Waals surface area (Å²) in [7, 11) is 0. The predicted octanol–water partition coefficient (Wildman–Crippen LogP) is 0.291. The Hall–Kier alpha value is -1.93. The van der Waals surface area contributed by atoms with Gasteiger partial charge >= 0.3 is 11.4 Å². The molecule has 3 aliphatic rings. The van der Waals surface area contributed by atoms with Crippen LogP contribution in [0.5, 0.6) is 0 Å². The van der Waals surface area contributed by atoms with Crippen molar-refractivity contribution < 1.29 is 13.6 Å². The molecule has 3 fully saturated rings. The summed E-state index contributed by atoms with van der Waals surface area (Å²) in [5.41, 5.74) is -1.14. The van der Waals surface area contributed by atoms with E-state index in [0.717, 1.165) is 11.0 Å². The molecule has 2 unspecified atom stereocenters. The standard InChI is InChI=1S/C13H18F2N4O3/c14-13(15)6-8-3-4-9(13)19(7-8)10(20)2-1-5-18-11(21)16-17-12(18)22/h8-9H,1-7H2,(H,16,21)(H,17,22). The molecule has 2 N–H and O–H groups in total. The molecule has 1 saturated carbocycles. The van der Waals surface area contributed by atoms with E-state index in [-0.39, 0.29) is 37.6 Å². The number of carbonyl (C=O) groups is 1. The van der Waals surface area contributed by atoms with Gasteiger partial charge in [0.15, 0.2) is 0 Å². The molecule has 122 valence electrons. The summed E-state index contributed by atoms with van der Waals surface area (Å²) in [5.74, 6) is -3.25. The van der Waals surface area contributed by atoms with Crippen molar-refractivity contribution in [3.05, 3.63) is 21.0 Å². The lowest BCUT2D eigenvalue weighted by Gasteiger charge is -2.49. The molecule has 0 aromatic carbocycles. The Bertz CT molecular complexity index is 650. The van der Waals surface area contributed by atoms with Crippen LogP contribution in [0.2, 0.25) is 0 Å². The second kappa shape index (κ2) is 5.36. The molecule has 9 heteroatoms. The minimum atomic E-state index is -2.80. The van der Waals surface area contributed by atoms with Crippen molar-refractivity contribution >= 4 is 5.91 Å². The first-order valence-electron chi connectivity index (χ1n) is 7.43. The van der Waals surface area contributed by atoms with Crippen LogP contribution < -0.4 is 11.4 Å². The van der Waals surface area contributed by atoms with Gasteiger partial charge in [0.05, 0.1) is 6.04 Å². The lowest BCUT2D eigenvalue weighted by molar-refractivity contribution is -0.176. The van der Waals surface area contributed by atoms with Gasteiger partial charge in [0.1, 0.15) is 0 Å². The fourth-order valence-corrected chi connectivity index (χ4v) is 3.52. The number of hydrogen-bond donors (Lipinski definition) is 2. The zero-order chi connectivity index (χ0) is 15.9. The number of alkyl halides is 2. The first-order chi connectivity index (χ1) is 10.4. The van der Waals surface area contributed by atoms with E-state index < -0.39 is 23.3 Å². The van der Waals surface area contributed by atoms with Crippen molar-refractivity contribution in [3.63, 3.8) is 0 Å². The lowest BCUT2D eigenvalue weighted by Crippen LogP contribution is -2.60. The molecule has 1 amide bonds. The average molecular weight is 316 g/mol. The van der Waals surface area contributed by atoms with Gasteiger partial charge in [-0.3, -0.25) is 4.79 Å². The molecule has 7 nitrogen and oxygen atoms in total. The van der Waals surface area contributed by atoms with E-state index in [0.29, 0.717) is 13.0 Å². The number of halogens is 2. The quantitative estimate of drug-likeness (QED) is 0.836. The second-order valence-corrected chi connectivity index (χ2v) is 6.09. The Morgan fingerprint density at radius 2 is 1.91 bits per heavy atom. The van der Waals surface area contributed by atoms with Crippen molar-refractivity contribution in [2.75, 3.05) is 6.54 Å². The summed E-state index contributed by atoms with van der Waals surface area (Å²) in [6.07, 6.45) is 1.28. The molecule has 0 spiro atoms. The summed E-state index contributed by atoms with van der Waals surface area (Å²) in [6.45, 7) is 0.478. The molecular weight excluding hydrogens is 298 g/mol. The van der Waals surface area contributed by atoms with Gasteiger partial charge in [0.25, 0.3) is 5.92 Å². The van der Waals surface area contributed by atoms with E-state index in [2.05, 4.69) is 10.2 Å². The zero-order valence-electron chi connectivity index (χ0n) is 12.0. The summed E-state index contributed by atoms with van der Waals surface area (Å²) >= 11 is 0. The van der Waals surface area contributed by atoms with Crippen molar-refractivity contribution in [2.24, 2.45) is 5.92 Å². The van der Waals surface area contributed by atoms with Crippen LogP contribution in [0.1, 0.15) is 32.1 Å². The number of H-pyrrole nitrogens is 2. The van der Waals surface area contributed by atoms with Crippen LogP contribution in [0.25, 0.3) is 0 Å². The normalized spacial score (nSPS) is 26.4. The second-order valence-electron chi connectivity index (χ2n) is 6.09. The highest BCUT2D eigenvalue weighted by molar-refractivity contribution is 5.77. The molecular formula is C13H18F2N4O3. The van der Waals surface area contributed by atoms with Crippen LogP contribution in [0.15, 0.2) is 9.59 Å². The number of aromatic nitrogens is 3. The maximum atomic E-state index is 13.9. The number of rotatable bonds is 4. The Morgan fingerprint density at radius 1 is 1.23 bits per heavy atom. The van der Waals surface area contributed by atoms with Gasteiger partial charge in [0.2, 0.25) is 5.91 Å². The topological polar surface area (TPSA) is 91.0 Å². The summed E-state index contributed by atoms with van der Waals surface area (Å²) in [4.78, 5) is 36.1. The van der Waals surface area contributed by atoms with E-state index in [9.17, 15) is 23.2 Å². The number of aromatic amines is 2. The van der Waals surface area contributed by atoms with Crippen molar-refractivity contribution in [2.45, 2.75) is 50.6 Å². The van der Waals surface area contributed by atoms with Gasteiger partial charge in [0, 0.05) is 25.9 Å². The first-order valence-corrected chi connectivity index (χ1v) is 7.43. The number of piperidine rings is 2. The molecule has 22 heavy (non-hydrogen) atoms. The average Bonchev–Trinajstić information content (AvgIpc) is 2.78. The third-order valence-electron chi connectivity index (χ3n) is 4.59. The van der Waals surface area contributed by atoms with E-state index in [1.165, 1.54) is 4.90 Å². The monoisotopic (exact) mass is 316 g/mol. The summed E-state index contributed by atoms with van der Waals surface area (Å²) in [6, 6.07) is -0.997. The zero-order valence-corrected chi connectivity index (χ0v) is 12.0. The third kappa shape index (κ3) is 2.59. The molecule has 2 bridgehead atoms. The smallest absolute Gasteiger partial charge is 0.333 e. The van der Waals surface area contributed by atoms with E-state index >= 15 is 0 Å². The number of nitrogens with zero attached hydrogens (tertiary/aromatic N) is 2. The SMILES string of the molecule is O=C(CCCn1c(=O)[nH][nH]c1=O)N1CC2CCC1C(F)(F)C2. The molecule has 4 rings (SSSR count). The van der Waals surface area contributed by atoms with Gasteiger partial charge in [-0.05, 0) is 25.2 Å². The molecule has 1 aliphatic carbocycles. The largest absolute Gasteiger partial charge is 0.344 e. The minimum Gasteiger partial charge on any atom is -0.333 e. The number of hydrogen-bond acceptors (Lipinski definition) is 3. The Morgan fingerprint density at radius 3 is 2.50 bits per heavy atom. The van der Waals surface area contributed by atoms with Crippen LogP contribution in [-0.2, 0) is 11.3 Å². The van der Waals surface area contributed by atoms with Crippen molar-refractivity contribution in [3.8, 4) is 0 Å². The number of carbonyl (C=O) groups excluding carboxylic acids is 1. The van der Waals surface area contributed by atoms with Crippen LogP contribution in [-0.4, -0.2) is 44.1 Å². The van der Waals surface area contributed by atoms with Crippen molar-refractivity contribution in [1.29, 1.82) is 0 Å². The number of amides is 1. The molecule has 2 aliphatic heterocycles. The van der Waals surface area contributed by atoms with Gasteiger partial charge in [-0.25, -0.2) is 33.1 Å². The predicted molar refractivity (Wildman–Crippen MR) is 72.7 cm³/mol.